The number of rotatable bonds is 4. The monoisotopic (exact) mass is 272 g/mol. The second-order valence-corrected chi connectivity index (χ2v) is 4.69. The van der Waals surface area contributed by atoms with Gasteiger partial charge in [0.15, 0.2) is 11.6 Å². The molecular weight excluding hydrogens is 254 g/mol. The largest absolute Gasteiger partial charge is 0.385 e. The summed E-state index contributed by atoms with van der Waals surface area (Å²) in [6, 6.07) is 3.43. The first-order valence-corrected chi connectivity index (χ1v) is 6.44. The first kappa shape index (κ1) is 14.4. The topological polar surface area (TPSA) is 38.7 Å². The second kappa shape index (κ2) is 5.94. The number of hydrogen-bond acceptors (Lipinski definition) is 3. The number of aliphatic hydroxyl groups excluding tert-OH is 1. The van der Waals surface area contributed by atoms with Gasteiger partial charge in [-0.15, -0.1) is 0 Å². The molecule has 5 heteroatoms. The Bertz CT molecular complexity index is 425. The molecule has 1 aliphatic heterocycles. The van der Waals surface area contributed by atoms with Crippen molar-refractivity contribution in [3.05, 3.63) is 35.4 Å². The minimum absolute atomic E-state index is 0.328. The smallest absolute Gasteiger partial charge is 0.159 e. The number of ether oxygens (including phenoxy) is 2. The Labute approximate surface area is 111 Å². The van der Waals surface area contributed by atoms with Gasteiger partial charge in [-0.2, -0.15) is 0 Å². The lowest BCUT2D eigenvalue weighted by molar-refractivity contribution is -0.168. The average Bonchev–Trinajstić information content (AvgIpc) is 2.42. The summed E-state index contributed by atoms with van der Waals surface area (Å²) in [6.45, 7) is 3.26. The molecule has 1 aromatic carbocycles. The Balaban J connectivity index is 2.27. The maximum Gasteiger partial charge on any atom is 0.159 e. The number of benzene rings is 1. The van der Waals surface area contributed by atoms with Crippen molar-refractivity contribution in [2.75, 3.05) is 19.8 Å². The van der Waals surface area contributed by atoms with Crippen LogP contribution in [0.25, 0.3) is 0 Å². The van der Waals surface area contributed by atoms with Gasteiger partial charge in [0.05, 0.1) is 0 Å². The molecule has 106 valence electrons. The van der Waals surface area contributed by atoms with Gasteiger partial charge in [-0.1, -0.05) is 6.07 Å². The Morgan fingerprint density at radius 3 is 2.58 bits per heavy atom. The van der Waals surface area contributed by atoms with E-state index in [0.29, 0.717) is 38.2 Å². The number of aliphatic hydroxyl groups is 1. The van der Waals surface area contributed by atoms with Crippen molar-refractivity contribution in [1.82, 2.24) is 0 Å². The molecule has 2 rings (SSSR count). The van der Waals surface area contributed by atoms with Crippen LogP contribution < -0.4 is 0 Å². The van der Waals surface area contributed by atoms with E-state index in [9.17, 15) is 13.9 Å². The summed E-state index contributed by atoms with van der Waals surface area (Å²) in [6.07, 6.45) is 0.0635. The van der Waals surface area contributed by atoms with Crippen LogP contribution in [0.3, 0.4) is 0 Å². The van der Waals surface area contributed by atoms with Crippen LogP contribution in [0.5, 0.6) is 0 Å². The van der Waals surface area contributed by atoms with E-state index in [2.05, 4.69) is 0 Å². The van der Waals surface area contributed by atoms with Crippen LogP contribution in [0.15, 0.2) is 18.2 Å². The standard InChI is InChI=1S/C14H18F2O3/c1-2-19-14(5-7-18-8-6-14)13(17)10-3-4-11(15)12(16)9-10/h3-4,9,13,17H,2,5-8H2,1H3. The van der Waals surface area contributed by atoms with Gasteiger partial charge in [-0.05, 0) is 24.6 Å². The third-order valence-corrected chi connectivity index (χ3v) is 3.53. The predicted octanol–water partition coefficient (Wildman–Crippen LogP) is 2.58. The van der Waals surface area contributed by atoms with Crippen LogP contribution >= 0.6 is 0 Å². The van der Waals surface area contributed by atoms with Crippen molar-refractivity contribution in [3.8, 4) is 0 Å². The van der Waals surface area contributed by atoms with Gasteiger partial charge < -0.3 is 14.6 Å². The highest BCUT2D eigenvalue weighted by Crippen LogP contribution is 2.38. The highest BCUT2D eigenvalue weighted by atomic mass is 19.2. The molecular formula is C14H18F2O3. The molecule has 0 amide bonds. The molecule has 1 aromatic rings. The van der Waals surface area contributed by atoms with Crippen molar-refractivity contribution in [3.63, 3.8) is 0 Å². The highest BCUT2D eigenvalue weighted by molar-refractivity contribution is 5.23. The molecule has 1 fully saturated rings. The van der Waals surface area contributed by atoms with Crippen molar-refractivity contribution in [1.29, 1.82) is 0 Å². The maximum atomic E-state index is 13.3. The van der Waals surface area contributed by atoms with Crippen LogP contribution in [-0.2, 0) is 9.47 Å². The third kappa shape index (κ3) is 2.94. The maximum absolute atomic E-state index is 13.3. The zero-order chi connectivity index (χ0) is 13.9. The van der Waals surface area contributed by atoms with Crippen LogP contribution in [0.4, 0.5) is 8.78 Å². The molecule has 1 saturated heterocycles. The fourth-order valence-electron chi connectivity index (χ4n) is 2.49. The van der Waals surface area contributed by atoms with Crippen molar-refractivity contribution in [2.24, 2.45) is 0 Å². The van der Waals surface area contributed by atoms with Gasteiger partial charge in [0, 0.05) is 32.7 Å². The molecule has 0 saturated carbocycles. The summed E-state index contributed by atoms with van der Waals surface area (Å²) >= 11 is 0. The lowest BCUT2D eigenvalue weighted by atomic mass is 9.84. The predicted molar refractivity (Wildman–Crippen MR) is 65.7 cm³/mol. The normalized spacial score (nSPS) is 20.2. The van der Waals surface area contributed by atoms with Gasteiger partial charge in [0.2, 0.25) is 0 Å². The molecule has 1 N–H and O–H groups in total. The lowest BCUT2D eigenvalue weighted by Gasteiger charge is -2.40. The Hall–Kier alpha value is -1.04. The summed E-state index contributed by atoms with van der Waals surface area (Å²) < 4.78 is 37.2. The van der Waals surface area contributed by atoms with Crippen molar-refractivity contribution < 1.29 is 23.4 Å². The molecule has 3 nitrogen and oxygen atoms in total. The van der Waals surface area contributed by atoms with E-state index in [1.165, 1.54) is 6.07 Å². The second-order valence-electron chi connectivity index (χ2n) is 4.69. The van der Waals surface area contributed by atoms with Gasteiger partial charge in [-0.25, -0.2) is 8.78 Å². The fourth-order valence-corrected chi connectivity index (χ4v) is 2.49. The van der Waals surface area contributed by atoms with Gasteiger partial charge in [-0.3, -0.25) is 0 Å². The van der Waals surface area contributed by atoms with Crippen LogP contribution in [-0.4, -0.2) is 30.5 Å². The molecule has 0 spiro atoms. The first-order chi connectivity index (χ1) is 9.09. The van der Waals surface area contributed by atoms with Gasteiger partial charge in [0.1, 0.15) is 11.7 Å². The Kier molecular flexibility index (Phi) is 4.50. The molecule has 1 aliphatic rings. The number of hydrogen-bond donors (Lipinski definition) is 1. The van der Waals surface area contributed by atoms with Gasteiger partial charge in [0.25, 0.3) is 0 Å². The summed E-state index contributed by atoms with van der Waals surface area (Å²) in [5.41, 5.74) is -0.452. The molecule has 0 aromatic heterocycles. The van der Waals surface area contributed by atoms with E-state index in [0.717, 1.165) is 12.1 Å². The van der Waals surface area contributed by atoms with E-state index in [4.69, 9.17) is 9.47 Å². The molecule has 1 unspecified atom stereocenters. The van der Waals surface area contributed by atoms with Crippen molar-refractivity contribution in [2.45, 2.75) is 31.5 Å². The summed E-state index contributed by atoms with van der Waals surface area (Å²) in [5, 5.41) is 10.5. The molecule has 19 heavy (non-hydrogen) atoms. The first-order valence-electron chi connectivity index (χ1n) is 6.44. The molecule has 1 heterocycles. The fraction of sp³-hybridized carbons (Fsp3) is 0.571. The van der Waals surface area contributed by atoms with Crippen molar-refractivity contribution >= 4 is 0 Å². The molecule has 1 atom stereocenters. The Morgan fingerprint density at radius 2 is 2.00 bits per heavy atom. The van der Waals surface area contributed by atoms with Crippen LogP contribution in [0.1, 0.15) is 31.4 Å². The molecule has 0 radical (unpaired) electrons. The number of halogens is 2. The van der Waals surface area contributed by atoms with Crippen LogP contribution in [0, 0.1) is 11.6 Å². The zero-order valence-corrected chi connectivity index (χ0v) is 10.9. The summed E-state index contributed by atoms with van der Waals surface area (Å²) in [4.78, 5) is 0. The SMILES string of the molecule is CCOC1(C(O)c2ccc(F)c(F)c2)CCOCC1. The minimum Gasteiger partial charge on any atom is -0.385 e. The summed E-state index contributed by atoms with van der Waals surface area (Å²) in [7, 11) is 0. The van der Waals surface area contributed by atoms with E-state index in [-0.39, 0.29) is 0 Å². The zero-order valence-electron chi connectivity index (χ0n) is 10.9. The summed E-state index contributed by atoms with van der Waals surface area (Å²) in [5.74, 6) is -1.89. The lowest BCUT2D eigenvalue weighted by Crippen LogP contribution is -2.44. The molecule has 0 aliphatic carbocycles. The minimum atomic E-state index is -0.994. The average molecular weight is 272 g/mol. The molecule has 0 bridgehead atoms. The third-order valence-electron chi connectivity index (χ3n) is 3.53. The Morgan fingerprint density at radius 1 is 1.32 bits per heavy atom. The van der Waals surface area contributed by atoms with E-state index < -0.39 is 23.3 Å². The quantitative estimate of drug-likeness (QED) is 0.915. The van der Waals surface area contributed by atoms with E-state index >= 15 is 0 Å². The van der Waals surface area contributed by atoms with Gasteiger partial charge >= 0.3 is 0 Å². The van der Waals surface area contributed by atoms with E-state index in [1.807, 2.05) is 6.92 Å². The highest BCUT2D eigenvalue weighted by Gasteiger charge is 2.41. The van der Waals surface area contributed by atoms with E-state index in [1.54, 1.807) is 0 Å². The van der Waals surface area contributed by atoms with Crippen LogP contribution in [0.2, 0.25) is 0 Å².